The van der Waals surface area contributed by atoms with Gasteiger partial charge in [0.2, 0.25) is 0 Å². The van der Waals surface area contributed by atoms with Gasteiger partial charge in [-0.2, -0.15) is 0 Å². The second-order valence-corrected chi connectivity index (χ2v) is 3.20. The summed E-state index contributed by atoms with van der Waals surface area (Å²) in [6.45, 7) is 0. The van der Waals surface area contributed by atoms with Gasteiger partial charge in [-0.1, -0.05) is 6.08 Å². The number of carboxylic acid groups (broad SMARTS) is 1. The molecule has 0 atom stereocenters. The Morgan fingerprint density at radius 1 is 1.50 bits per heavy atom. The van der Waals surface area contributed by atoms with Crippen LogP contribution in [0.3, 0.4) is 0 Å². The number of furan rings is 1. The van der Waals surface area contributed by atoms with Crippen LogP contribution in [-0.2, 0) is 4.79 Å². The molecule has 3 nitrogen and oxygen atoms in total. The van der Waals surface area contributed by atoms with Crippen molar-refractivity contribution in [3.63, 3.8) is 0 Å². The molecule has 1 N–H and O–H groups in total. The van der Waals surface area contributed by atoms with Crippen molar-refractivity contribution < 1.29 is 14.3 Å². The van der Waals surface area contributed by atoms with E-state index < -0.39 is 5.97 Å². The largest absolute Gasteiger partial charge is 0.478 e. The zero-order chi connectivity index (χ0) is 9.97. The Morgan fingerprint density at radius 3 is 3.00 bits per heavy atom. The Balaban J connectivity index is 2.22. The molecule has 0 spiro atoms. The van der Waals surface area contributed by atoms with Gasteiger partial charge in [-0.05, 0) is 36.1 Å². The standard InChI is InChI=1S/C11H10O3/c12-11(13)7-8-3-4-9(6-8)10-2-1-5-14-10/h1-2,5-7H,3-4H2,(H,12,13)/b8-7-. The van der Waals surface area contributed by atoms with Crippen LogP contribution in [-0.4, -0.2) is 11.1 Å². The molecule has 1 aromatic heterocycles. The fourth-order valence-electron chi connectivity index (χ4n) is 1.58. The van der Waals surface area contributed by atoms with E-state index in [-0.39, 0.29) is 0 Å². The van der Waals surface area contributed by atoms with Crippen LogP contribution in [0.1, 0.15) is 18.6 Å². The van der Waals surface area contributed by atoms with Crippen LogP contribution in [0.25, 0.3) is 5.57 Å². The average Bonchev–Trinajstić information content (AvgIpc) is 2.69. The summed E-state index contributed by atoms with van der Waals surface area (Å²) in [6, 6.07) is 3.71. The lowest BCUT2D eigenvalue weighted by molar-refractivity contribution is -0.131. The highest BCUT2D eigenvalue weighted by molar-refractivity contribution is 5.83. The van der Waals surface area contributed by atoms with Crippen molar-refractivity contribution in [2.24, 2.45) is 0 Å². The summed E-state index contributed by atoms with van der Waals surface area (Å²) < 4.78 is 5.23. The van der Waals surface area contributed by atoms with Crippen LogP contribution in [0.4, 0.5) is 0 Å². The average molecular weight is 190 g/mol. The Morgan fingerprint density at radius 2 is 2.36 bits per heavy atom. The summed E-state index contributed by atoms with van der Waals surface area (Å²) in [5, 5.41) is 8.56. The zero-order valence-electron chi connectivity index (χ0n) is 7.56. The van der Waals surface area contributed by atoms with Crippen LogP contribution in [0.5, 0.6) is 0 Å². The molecule has 0 fully saturated rings. The minimum absolute atomic E-state index is 0.780. The maximum atomic E-state index is 10.4. The van der Waals surface area contributed by atoms with Gasteiger partial charge in [-0.25, -0.2) is 4.79 Å². The quantitative estimate of drug-likeness (QED) is 0.729. The number of hydrogen-bond acceptors (Lipinski definition) is 2. The number of rotatable bonds is 2. The molecule has 0 aromatic carbocycles. The predicted molar refractivity (Wildman–Crippen MR) is 51.6 cm³/mol. The van der Waals surface area contributed by atoms with E-state index in [0.717, 1.165) is 29.7 Å². The molecule has 72 valence electrons. The first-order valence-electron chi connectivity index (χ1n) is 4.43. The van der Waals surface area contributed by atoms with Crippen molar-refractivity contribution in [1.82, 2.24) is 0 Å². The summed E-state index contributed by atoms with van der Waals surface area (Å²) >= 11 is 0. The maximum Gasteiger partial charge on any atom is 0.328 e. The Hall–Kier alpha value is -1.77. The lowest BCUT2D eigenvalue weighted by atomic mass is 10.2. The smallest absolute Gasteiger partial charge is 0.328 e. The van der Waals surface area contributed by atoms with E-state index in [2.05, 4.69) is 0 Å². The van der Waals surface area contributed by atoms with Gasteiger partial charge in [-0.3, -0.25) is 0 Å². The lowest BCUT2D eigenvalue weighted by Gasteiger charge is -1.92. The Kier molecular flexibility index (Phi) is 2.23. The van der Waals surface area contributed by atoms with Crippen molar-refractivity contribution in [1.29, 1.82) is 0 Å². The third kappa shape index (κ3) is 1.76. The molecule has 0 saturated heterocycles. The molecule has 2 rings (SSSR count). The summed E-state index contributed by atoms with van der Waals surface area (Å²) in [5.41, 5.74) is 1.92. The second kappa shape index (κ2) is 3.54. The van der Waals surface area contributed by atoms with E-state index in [1.807, 2.05) is 18.2 Å². The Bertz CT molecular complexity index is 396. The fraction of sp³-hybridized carbons (Fsp3) is 0.182. The van der Waals surface area contributed by atoms with E-state index >= 15 is 0 Å². The minimum atomic E-state index is -0.892. The fourth-order valence-corrected chi connectivity index (χ4v) is 1.58. The van der Waals surface area contributed by atoms with Gasteiger partial charge in [0.05, 0.1) is 6.26 Å². The maximum absolute atomic E-state index is 10.4. The molecule has 0 unspecified atom stereocenters. The van der Waals surface area contributed by atoms with E-state index in [9.17, 15) is 4.79 Å². The van der Waals surface area contributed by atoms with Crippen molar-refractivity contribution in [3.05, 3.63) is 41.9 Å². The molecule has 0 radical (unpaired) electrons. The predicted octanol–water partition coefficient (Wildman–Crippen LogP) is 2.47. The first-order chi connectivity index (χ1) is 6.75. The number of allylic oxidation sites excluding steroid dienone is 3. The molecule has 1 aromatic rings. The Labute approximate surface area is 81.4 Å². The molecule has 0 bridgehead atoms. The van der Waals surface area contributed by atoms with Crippen molar-refractivity contribution >= 4 is 11.5 Å². The van der Waals surface area contributed by atoms with Crippen molar-refractivity contribution in [2.75, 3.05) is 0 Å². The molecular formula is C11H10O3. The third-order valence-electron chi connectivity index (χ3n) is 2.19. The molecule has 14 heavy (non-hydrogen) atoms. The SMILES string of the molecule is O=C(O)/C=C1\C=C(c2ccco2)CC1. The molecule has 1 heterocycles. The molecular weight excluding hydrogens is 180 g/mol. The molecule has 0 amide bonds. The molecule has 1 aliphatic carbocycles. The van der Waals surface area contributed by atoms with Crippen molar-refractivity contribution in [2.45, 2.75) is 12.8 Å². The van der Waals surface area contributed by atoms with Crippen LogP contribution >= 0.6 is 0 Å². The van der Waals surface area contributed by atoms with E-state index in [1.54, 1.807) is 6.26 Å². The van der Waals surface area contributed by atoms with Gasteiger partial charge in [0, 0.05) is 6.08 Å². The van der Waals surface area contributed by atoms with Crippen LogP contribution in [0.15, 0.2) is 40.5 Å². The highest BCUT2D eigenvalue weighted by Gasteiger charge is 2.13. The second-order valence-electron chi connectivity index (χ2n) is 3.20. The molecule has 0 saturated carbocycles. The summed E-state index contributed by atoms with van der Waals surface area (Å²) in [5.74, 6) is -0.0595. The van der Waals surface area contributed by atoms with Gasteiger partial charge in [0.15, 0.2) is 0 Å². The number of aliphatic carboxylic acids is 1. The van der Waals surface area contributed by atoms with Gasteiger partial charge < -0.3 is 9.52 Å². The highest BCUT2D eigenvalue weighted by Crippen LogP contribution is 2.31. The zero-order valence-corrected chi connectivity index (χ0v) is 7.56. The molecule has 1 aliphatic rings. The first-order valence-corrected chi connectivity index (χ1v) is 4.43. The van der Waals surface area contributed by atoms with E-state index in [1.165, 1.54) is 6.08 Å². The van der Waals surface area contributed by atoms with E-state index in [0.29, 0.717) is 0 Å². The normalized spacial score (nSPS) is 18.6. The third-order valence-corrected chi connectivity index (χ3v) is 2.19. The lowest BCUT2D eigenvalue weighted by Crippen LogP contribution is -1.88. The topological polar surface area (TPSA) is 50.4 Å². The monoisotopic (exact) mass is 190 g/mol. The summed E-state index contributed by atoms with van der Waals surface area (Å²) in [4.78, 5) is 10.4. The van der Waals surface area contributed by atoms with Crippen LogP contribution in [0.2, 0.25) is 0 Å². The number of hydrogen-bond donors (Lipinski definition) is 1. The van der Waals surface area contributed by atoms with Gasteiger partial charge >= 0.3 is 5.97 Å². The van der Waals surface area contributed by atoms with Gasteiger partial charge in [0.25, 0.3) is 0 Å². The van der Waals surface area contributed by atoms with Gasteiger partial charge in [0.1, 0.15) is 5.76 Å². The summed E-state index contributed by atoms with van der Waals surface area (Å²) in [6.07, 6.45) is 6.38. The van der Waals surface area contributed by atoms with Crippen molar-refractivity contribution in [3.8, 4) is 0 Å². The number of carbonyl (C=O) groups is 1. The van der Waals surface area contributed by atoms with Crippen LogP contribution < -0.4 is 0 Å². The van der Waals surface area contributed by atoms with Crippen LogP contribution in [0, 0.1) is 0 Å². The molecule has 3 heteroatoms. The summed E-state index contributed by atoms with van der Waals surface area (Å²) in [7, 11) is 0. The van der Waals surface area contributed by atoms with E-state index in [4.69, 9.17) is 9.52 Å². The molecule has 0 aliphatic heterocycles. The number of carboxylic acids is 1. The van der Waals surface area contributed by atoms with Gasteiger partial charge in [-0.15, -0.1) is 0 Å². The minimum Gasteiger partial charge on any atom is -0.478 e. The first kappa shape index (κ1) is 8.81. The highest BCUT2D eigenvalue weighted by atomic mass is 16.4.